The van der Waals surface area contributed by atoms with Gasteiger partial charge in [-0.15, -0.1) is 0 Å². The van der Waals surface area contributed by atoms with Crippen molar-refractivity contribution in [3.05, 3.63) is 34.9 Å². The summed E-state index contributed by atoms with van der Waals surface area (Å²) in [5, 5.41) is 0.743. The summed E-state index contributed by atoms with van der Waals surface area (Å²) >= 11 is 6.12. The van der Waals surface area contributed by atoms with Crippen LogP contribution in [0.2, 0.25) is 5.02 Å². The molecule has 4 heteroatoms. The number of hydrogen-bond acceptors (Lipinski definition) is 2. The fourth-order valence-electron chi connectivity index (χ4n) is 2.77. The summed E-state index contributed by atoms with van der Waals surface area (Å²) in [5.41, 5.74) is 7.00. The lowest BCUT2D eigenvalue weighted by Gasteiger charge is -2.34. The molecule has 110 valence electrons. The number of amides is 1. The van der Waals surface area contributed by atoms with Gasteiger partial charge in [-0.25, -0.2) is 0 Å². The molecule has 1 heterocycles. The van der Waals surface area contributed by atoms with Gasteiger partial charge in [0.2, 0.25) is 5.91 Å². The molecule has 1 aliphatic heterocycles. The fourth-order valence-corrected chi connectivity index (χ4v) is 3.00. The average Bonchev–Trinajstić information content (AvgIpc) is 2.46. The van der Waals surface area contributed by atoms with Crippen LogP contribution in [0.5, 0.6) is 0 Å². The predicted molar refractivity (Wildman–Crippen MR) is 82.7 cm³/mol. The van der Waals surface area contributed by atoms with Crippen molar-refractivity contribution < 1.29 is 4.79 Å². The molecule has 0 radical (unpaired) electrons. The lowest BCUT2D eigenvalue weighted by Crippen LogP contribution is -2.45. The Bertz CT molecular complexity index is 462. The summed E-state index contributed by atoms with van der Waals surface area (Å²) in [6.45, 7) is 3.70. The Morgan fingerprint density at radius 1 is 1.50 bits per heavy atom. The first kappa shape index (κ1) is 15.3. The number of piperidine rings is 1. The van der Waals surface area contributed by atoms with E-state index in [4.69, 9.17) is 17.3 Å². The highest BCUT2D eigenvalue weighted by Gasteiger charge is 2.25. The third-order valence-electron chi connectivity index (χ3n) is 4.12. The molecule has 20 heavy (non-hydrogen) atoms. The van der Waals surface area contributed by atoms with Gasteiger partial charge in [-0.3, -0.25) is 4.79 Å². The van der Waals surface area contributed by atoms with E-state index in [1.54, 1.807) is 0 Å². The number of aryl methyl sites for hydroxylation is 1. The molecule has 1 aliphatic rings. The molecule has 2 N–H and O–H groups in total. The van der Waals surface area contributed by atoms with Crippen LogP contribution in [-0.2, 0) is 11.2 Å². The van der Waals surface area contributed by atoms with Crippen LogP contribution in [0.25, 0.3) is 0 Å². The Morgan fingerprint density at radius 2 is 2.25 bits per heavy atom. The van der Waals surface area contributed by atoms with Crippen molar-refractivity contribution in [2.24, 2.45) is 11.7 Å². The third kappa shape index (κ3) is 3.97. The quantitative estimate of drug-likeness (QED) is 0.928. The maximum absolute atomic E-state index is 12.3. The Labute approximate surface area is 126 Å². The summed E-state index contributed by atoms with van der Waals surface area (Å²) < 4.78 is 0. The molecule has 0 unspecified atom stereocenters. The highest BCUT2D eigenvalue weighted by molar-refractivity contribution is 6.31. The minimum absolute atomic E-state index is 0.161. The van der Waals surface area contributed by atoms with Crippen LogP contribution < -0.4 is 5.73 Å². The number of halogens is 1. The molecule has 2 atom stereocenters. The topological polar surface area (TPSA) is 46.3 Å². The minimum Gasteiger partial charge on any atom is -0.342 e. The van der Waals surface area contributed by atoms with Gasteiger partial charge in [0.15, 0.2) is 0 Å². The first-order valence-corrected chi connectivity index (χ1v) is 7.72. The maximum Gasteiger partial charge on any atom is 0.222 e. The second-order valence-electron chi connectivity index (χ2n) is 5.69. The van der Waals surface area contributed by atoms with E-state index in [-0.39, 0.29) is 11.9 Å². The molecular formula is C16H23ClN2O. The maximum atomic E-state index is 12.3. The first-order valence-electron chi connectivity index (χ1n) is 7.34. The highest BCUT2D eigenvalue weighted by atomic mass is 35.5. The summed E-state index contributed by atoms with van der Waals surface area (Å²) in [4.78, 5) is 14.3. The van der Waals surface area contributed by atoms with Gasteiger partial charge in [-0.05, 0) is 43.7 Å². The van der Waals surface area contributed by atoms with Crippen LogP contribution in [0.15, 0.2) is 24.3 Å². The lowest BCUT2D eigenvalue weighted by molar-refractivity contribution is -0.133. The molecule has 0 spiro atoms. The van der Waals surface area contributed by atoms with E-state index >= 15 is 0 Å². The number of likely N-dealkylation sites (tertiary alicyclic amines) is 1. The van der Waals surface area contributed by atoms with Crippen LogP contribution in [0, 0.1) is 5.92 Å². The van der Waals surface area contributed by atoms with Crippen LogP contribution in [-0.4, -0.2) is 29.9 Å². The Hall–Kier alpha value is -1.06. The van der Waals surface area contributed by atoms with E-state index < -0.39 is 0 Å². The molecular weight excluding hydrogens is 272 g/mol. The normalized spacial score (nSPS) is 20.8. The molecule has 1 aromatic rings. The van der Waals surface area contributed by atoms with E-state index in [0.29, 0.717) is 18.8 Å². The van der Waals surface area contributed by atoms with Gasteiger partial charge in [0.1, 0.15) is 0 Å². The van der Waals surface area contributed by atoms with Gasteiger partial charge >= 0.3 is 0 Å². The van der Waals surface area contributed by atoms with Crippen molar-refractivity contribution in [3.63, 3.8) is 0 Å². The van der Waals surface area contributed by atoms with Crippen molar-refractivity contribution in [1.82, 2.24) is 4.90 Å². The molecule has 1 saturated heterocycles. The van der Waals surface area contributed by atoms with Gasteiger partial charge in [-0.2, -0.15) is 0 Å². The number of nitrogens with zero attached hydrogens (tertiary/aromatic N) is 1. The molecule has 0 aromatic heterocycles. The minimum atomic E-state index is 0.161. The Balaban J connectivity index is 1.87. The van der Waals surface area contributed by atoms with E-state index in [0.717, 1.165) is 36.5 Å². The van der Waals surface area contributed by atoms with Crippen molar-refractivity contribution in [3.8, 4) is 0 Å². The van der Waals surface area contributed by atoms with Gasteiger partial charge < -0.3 is 10.6 Å². The lowest BCUT2D eigenvalue weighted by atomic mass is 9.92. The summed E-state index contributed by atoms with van der Waals surface area (Å²) in [7, 11) is 0. The van der Waals surface area contributed by atoms with Crippen LogP contribution in [0.1, 0.15) is 31.7 Å². The van der Waals surface area contributed by atoms with Gasteiger partial charge in [-0.1, -0.05) is 29.8 Å². The van der Waals surface area contributed by atoms with Crippen LogP contribution in [0.3, 0.4) is 0 Å². The summed E-state index contributed by atoms with van der Waals surface area (Å²) in [5.74, 6) is 0.656. The van der Waals surface area contributed by atoms with Crippen molar-refractivity contribution >= 4 is 17.5 Å². The number of rotatable bonds is 4. The standard InChI is InChI=1S/C16H23ClN2O/c1-12(18)14-6-4-10-19(11-14)16(20)9-8-13-5-2-3-7-15(13)17/h2-3,5,7,12,14H,4,6,8-11,18H2,1H3/t12-,14-/m1/s1. The van der Waals surface area contributed by atoms with Crippen LogP contribution >= 0.6 is 11.6 Å². The fraction of sp³-hybridized carbons (Fsp3) is 0.562. The zero-order valence-electron chi connectivity index (χ0n) is 12.0. The van der Waals surface area contributed by atoms with Gasteiger partial charge in [0.05, 0.1) is 0 Å². The van der Waals surface area contributed by atoms with Crippen molar-refractivity contribution in [2.75, 3.05) is 13.1 Å². The average molecular weight is 295 g/mol. The molecule has 1 aromatic carbocycles. The van der Waals surface area contributed by atoms with E-state index in [9.17, 15) is 4.79 Å². The zero-order chi connectivity index (χ0) is 14.5. The highest BCUT2D eigenvalue weighted by Crippen LogP contribution is 2.21. The number of benzene rings is 1. The molecule has 1 fully saturated rings. The molecule has 3 nitrogen and oxygen atoms in total. The first-order chi connectivity index (χ1) is 9.58. The van der Waals surface area contributed by atoms with Crippen molar-refractivity contribution in [2.45, 2.75) is 38.6 Å². The number of carbonyl (C=O) groups excluding carboxylic acids is 1. The smallest absolute Gasteiger partial charge is 0.222 e. The molecule has 1 amide bonds. The van der Waals surface area contributed by atoms with E-state index in [2.05, 4.69) is 0 Å². The van der Waals surface area contributed by atoms with Crippen LogP contribution in [0.4, 0.5) is 0 Å². The number of hydrogen-bond donors (Lipinski definition) is 1. The molecule has 0 bridgehead atoms. The van der Waals surface area contributed by atoms with Gasteiger partial charge in [0, 0.05) is 30.6 Å². The summed E-state index contributed by atoms with van der Waals surface area (Å²) in [6.07, 6.45) is 3.42. The number of nitrogens with two attached hydrogens (primary N) is 1. The Kier molecular flexibility index (Phi) is 5.44. The largest absolute Gasteiger partial charge is 0.342 e. The second-order valence-corrected chi connectivity index (χ2v) is 6.10. The summed E-state index contributed by atoms with van der Waals surface area (Å²) in [6, 6.07) is 7.88. The van der Waals surface area contributed by atoms with Crippen molar-refractivity contribution in [1.29, 1.82) is 0 Å². The predicted octanol–water partition coefficient (Wildman–Crippen LogP) is 2.86. The third-order valence-corrected chi connectivity index (χ3v) is 4.49. The van der Waals surface area contributed by atoms with E-state index in [1.165, 1.54) is 0 Å². The van der Waals surface area contributed by atoms with E-state index in [1.807, 2.05) is 36.1 Å². The molecule has 0 aliphatic carbocycles. The Morgan fingerprint density at radius 3 is 2.95 bits per heavy atom. The molecule has 0 saturated carbocycles. The SMILES string of the molecule is C[C@@H](N)[C@@H]1CCCN(C(=O)CCc2ccccc2Cl)C1. The monoisotopic (exact) mass is 294 g/mol. The van der Waals surface area contributed by atoms with Gasteiger partial charge in [0.25, 0.3) is 0 Å². The molecule has 2 rings (SSSR count). The number of carbonyl (C=O) groups is 1. The second kappa shape index (κ2) is 7.09. The zero-order valence-corrected chi connectivity index (χ0v) is 12.8.